The summed E-state index contributed by atoms with van der Waals surface area (Å²) >= 11 is 7.58. The minimum Gasteiger partial charge on any atom is -0.405 e. The third-order valence-corrected chi connectivity index (χ3v) is 6.29. The van der Waals surface area contributed by atoms with Crippen LogP contribution in [0.1, 0.15) is 17.2 Å². The van der Waals surface area contributed by atoms with E-state index in [1.165, 1.54) is 23.5 Å². The van der Waals surface area contributed by atoms with Crippen molar-refractivity contribution >= 4 is 39.9 Å². The molecule has 0 radical (unpaired) electrons. The number of carbonyl (C=O) groups is 1. The number of aromatic nitrogens is 2. The van der Waals surface area contributed by atoms with Gasteiger partial charge in [0.1, 0.15) is 5.82 Å². The monoisotopic (exact) mass is 478 g/mol. The molecule has 0 spiro atoms. The lowest BCUT2D eigenvalue weighted by Crippen LogP contribution is -2.29. The van der Waals surface area contributed by atoms with Crippen LogP contribution in [0.15, 0.2) is 83.9 Å². The van der Waals surface area contributed by atoms with Crippen LogP contribution < -0.4 is 5.32 Å². The Balaban J connectivity index is 1.49. The standard InChI is InChI=1S/C24H16ClFN4O2S/c25-18-9-5-4-8-17(18)22-29-30-24(33-22)28-19(14-10-12-16(26)13-11-14)20-23(31)32-21(27-20)15-6-2-1-3-7-15/h1-13,19-20H,(H,28,30)/t19-,20+/m1/s1. The lowest BCUT2D eigenvalue weighted by atomic mass is 10.00. The molecule has 0 fully saturated rings. The molecule has 6 nitrogen and oxygen atoms in total. The molecule has 2 heterocycles. The van der Waals surface area contributed by atoms with Crippen molar-refractivity contribution in [1.82, 2.24) is 10.2 Å². The summed E-state index contributed by atoms with van der Waals surface area (Å²) in [6.45, 7) is 0. The van der Waals surface area contributed by atoms with Gasteiger partial charge in [-0.3, -0.25) is 0 Å². The first-order valence-electron chi connectivity index (χ1n) is 10.0. The van der Waals surface area contributed by atoms with Crippen LogP contribution in [0.3, 0.4) is 0 Å². The molecular weight excluding hydrogens is 463 g/mol. The quantitative estimate of drug-likeness (QED) is 0.369. The molecule has 5 rings (SSSR count). The number of hydrogen-bond donors (Lipinski definition) is 1. The lowest BCUT2D eigenvalue weighted by molar-refractivity contribution is -0.135. The van der Waals surface area contributed by atoms with Crippen molar-refractivity contribution in [2.24, 2.45) is 4.99 Å². The van der Waals surface area contributed by atoms with Gasteiger partial charge in [-0.15, -0.1) is 10.2 Å². The molecule has 0 saturated heterocycles. The number of ether oxygens (including phenoxy) is 1. The first kappa shape index (κ1) is 21.2. The molecular formula is C24H16ClFN4O2S. The molecule has 0 aliphatic carbocycles. The number of benzene rings is 3. The fraction of sp³-hybridized carbons (Fsp3) is 0.0833. The maximum atomic E-state index is 13.6. The number of carbonyl (C=O) groups excluding carboxylic acids is 1. The highest BCUT2D eigenvalue weighted by atomic mass is 35.5. The second-order valence-electron chi connectivity index (χ2n) is 7.23. The molecule has 164 valence electrons. The van der Waals surface area contributed by atoms with E-state index in [4.69, 9.17) is 16.3 Å². The normalized spacial score (nSPS) is 16.2. The fourth-order valence-corrected chi connectivity index (χ4v) is 4.56. The van der Waals surface area contributed by atoms with Crippen molar-refractivity contribution in [3.63, 3.8) is 0 Å². The molecule has 0 amide bonds. The Morgan fingerprint density at radius 1 is 0.970 bits per heavy atom. The van der Waals surface area contributed by atoms with Crippen molar-refractivity contribution in [2.45, 2.75) is 12.1 Å². The van der Waals surface area contributed by atoms with E-state index >= 15 is 0 Å². The molecule has 0 bridgehead atoms. The smallest absolute Gasteiger partial charge is 0.340 e. The molecule has 0 saturated carbocycles. The van der Waals surface area contributed by atoms with E-state index in [-0.39, 0.29) is 11.7 Å². The van der Waals surface area contributed by atoms with Crippen molar-refractivity contribution in [3.05, 3.63) is 101 Å². The minimum absolute atomic E-state index is 0.244. The Bertz CT molecular complexity index is 1330. The Kier molecular flexibility index (Phi) is 5.85. The van der Waals surface area contributed by atoms with Gasteiger partial charge in [0.2, 0.25) is 11.0 Å². The van der Waals surface area contributed by atoms with Crippen molar-refractivity contribution in [2.75, 3.05) is 5.32 Å². The van der Waals surface area contributed by atoms with Crippen LogP contribution in [0, 0.1) is 5.82 Å². The summed E-state index contributed by atoms with van der Waals surface area (Å²) in [5.41, 5.74) is 2.11. The first-order chi connectivity index (χ1) is 16.1. The molecule has 1 aliphatic heterocycles. The maximum absolute atomic E-state index is 13.6. The highest BCUT2D eigenvalue weighted by Gasteiger charge is 2.38. The van der Waals surface area contributed by atoms with E-state index in [2.05, 4.69) is 20.5 Å². The summed E-state index contributed by atoms with van der Waals surface area (Å²) in [6.07, 6.45) is 0. The zero-order valence-electron chi connectivity index (χ0n) is 17.0. The largest absolute Gasteiger partial charge is 0.405 e. The Morgan fingerprint density at radius 2 is 1.70 bits per heavy atom. The zero-order chi connectivity index (χ0) is 22.8. The van der Waals surface area contributed by atoms with Gasteiger partial charge in [0, 0.05) is 11.1 Å². The second kappa shape index (κ2) is 9.09. The fourth-order valence-electron chi connectivity index (χ4n) is 3.46. The van der Waals surface area contributed by atoms with Crippen LogP contribution >= 0.6 is 22.9 Å². The van der Waals surface area contributed by atoms with Gasteiger partial charge in [-0.05, 0) is 35.9 Å². The Morgan fingerprint density at radius 3 is 2.45 bits per heavy atom. The summed E-state index contributed by atoms with van der Waals surface area (Å²) in [7, 11) is 0. The summed E-state index contributed by atoms with van der Waals surface area (Å²) in [5, 5.41) is 13.3. The van der Waals surface area contributed by atoms with Crippen molar-refractivity contribution < 1.29 is 13.9 Å². The van der Waals surface area contributed by atoms with E-state index in [0.29, 0.717) is 26.3 Å². The molecule has 3 aromatic carbocycles. The number of halogens is 2. The van der Waals surface area contributed by atoms with Crippen LogP contribution in [0.2, 0.25) is 5.02 Å². The van der Waals surface area contributed by atoms with Crippen LogP contribution in [0.25, 0.3) is 10.6 Å². The Labute approximate surface area is 197 Å². The molecule has 9 heteroatoms. The number of aliphatic imine (C=N–C) groups is 1. The van der Waals surface area contributed by atoms with Gasteiger partial charge in [0.25, 0.3) is 0 Å². The number of nitrogens with zero attached hydrogens (tertiary/aromatic N) is 3. The number of rotatable bonds is 6. The average molecular weight is 479 g/mol. The number of anilines is 1. The third-order valence-electron chi connectivity index (χ3n) is 5.07. The summed E-state index contributed by atoms with van der Waals surface area (Å²) in [5.74, 6) is -0.642. The molecule has 1 N–H and O–H groups in total. The van der Waals surface area contributed by atoms with Gasteiger partial charge >= 0.3 is 5.97 Å². The van der Waals surface area contributed by atoms with Gasteiger partial charge in [-0.2, -0.15) is 0 Å². The SMILES string of the molecule is O=C1OC(c2ccccc2)=N[C@H]1[C@H](Nc1nnc(-c2ccccc2Cl)s1)c1ccc(F)cc1. The number of nitrogens with one attached hydrogen (secondary N) is 1. The topological polar surface area (TPSA) is 76.5 Å². The molecule has 2 atom stereocenters. The zero-order valence-corrected chi connectivity index (χ0v) is 18.6. The number of hydrogen-bond acceptors (Lipinski definition) is 7. The van der Waals surface area contributed by atoms with Crippen LogP contribution in [-0.4, -0.2) is 28.1 Å². The predicted molar refractivity (Wildman–Crippen MR) is 126 cm³/mol. The van der Waals surface area contributed by atoms with Crippen LogP contribution in [-0.2, 0) is 9.53 Å². The van der Waals surface area contributed by atoms with E-state index in [9.17, 15) is 9.18 Å². The molecule has 4 aromatic rings. The van der Waals surface area contributed by atoms with Crippen molar-refractivity contribution in [1.29, 1.82) is 0 Å². The van der Waals surface area contributed by atoms with E-state index < -0.39 is 18.1 Å². The van der Waals surface area contributed by atoms with Gasteiger partial charge in [-0.1, -0.05) is 71.5 Å². The summed E-state index contributed by atoms with van der Waals surface area (Å²) in [4.78, 5) is 17.3. The highest BCUT2D eigenvalue weighted by Crippen LogP contribution is 2.35. The predicted octanol–water partition coefficient (Wildman–Crippen LogP) is 5.52. The van der Waals surface area contributed by atoms with E-state index in [1.54, 1.807) is 18.2 Å². The summed E-state index contributed by atoms with van der Waals surface area (Å²) in [6, 6.07) is 20.9. The number of cyclic esters (lactones) is 1. The van der Waals surface area contributed by atoms with Gasteiger partial charge in [0.05, 0.1) is 11.1 Å². The first-order valence-corrected chi connectivity index (χ1v) is 11.2. The molecule has 1 aliphatic rings. The lowest BCUT2D eigenvalue weighted by Gasteiger charge is -2.20. The van der Waals surface area contributed by atoms with Crippen molar-refractivity contribution in [3.8, 4) is 10.6 Å². The summed E-state index contributed by atoms with van der Waals surface area (Å²) < 4.78 is 19.0. The van der Waals surface area contributed by atoms with Gasteiger partial charge < -0.3 is 10.1 Å². The van der Waals surface area contributed by atoms with Crippen LogP contribution in [0.5, 0.6) is 0 Å². The van der Waals surface area contributed by atoms with Crippen LogP contribution in [0.4, 0.5) is 9.52 Å². The van der Waals surface area contributed by atoms with Gasteiger partial charge in [-0.25, -0.2) is 14.2 Å². The number of esters is 1. The molecule has 1 aromatic heterocycles. The average Bonchev–Trinajstić information content (AvgIpc) is 3.46. The maximum Gasteiger partial charge on any atom is 0.340 e. The minimum atomic E-state index is -0.890. The second-order valence-corrected chi connectivity index (χ2v) is 8.62. The molecule has 0 unspecified atom stereocenters. The van der Waals surface area contributed by atoms with E-state index in [1.807, 2.05) is 48.5 Å². The van der Waals surface area contributed by atoms with E-state index in [0.717, 1.165) is 5.56 Å². The highest BCUT2D eigenvalue weighted by molar-refractivity contribution is 7.18. The molecule has 33 heavy (non-hydrogen) atoms. The Hall–Kier alpha value is -3.62. The van der Waals surface area contributed by atoms with Gasteiger partial charge in [0.15, 0.2) is 11.0 Å². The third kappa shape index (κ3) is 4.48.